The molecule has 0 spiro atoms. The molecule has 2 N–H and O–H groups in total. The number of benzene rings is 1. The number of rotatable bonds is 7. The predicted molar refractivity (Wildman–Crippen MR) is 117 cm³/mol. The van der Waals surface area contributed by atoms with Gasteiger partial charge < -0.3 is 15.0 Å². The molecule has 1 aromatic rings. The zero-order chi connectivity index (χ0) is 17.5. The number of ether oxygens (including phenoxy) is 1. The molecule has 0 aromatic heterocycles. The lowest BCUT2D eigenvalue weighted by atomic mass is 10.00. The van der Waals surface area contributed by atoms with E-state index < -0.39 is 0 Å². The van der Waals surface area contributed by atoms with E-state index in [1.807, 2.05) is 0 Å². The summed E-state index contributed by atoms with van der Waals surface area (Å²) in [5.41, 5.74) is 7.78. The molecule has 1 aromatic carbocycles. The number of nitrogens with zero attached hydrogens (tertiary/aromatic N) is 2. The Kier molecular flexibility index (Phi) is 11.8. The van der Waals surface area contributed by atoms with Crippen LogP contribution in [0.5, 0.6) is 0 Å². The first-order valence-electron chi connectivity index (χ1n) is 9.79. The van der Waals surface area contributed by atoms with Crippen LogP contribution in [-0.2, 0) is 11.2 Å². The summed E-state index contributed by atoms with van der Waals surface area (Å²) in [7, 11) is 0. The first kappa shape index (κ1) is 24.6. The van der Waals surface area contributed by atoms with Crippen LogP contribution in [0.2, 0.25) is 0 Å². The highest BCUT2D eigenvalue weighted by Crippen LogP contribution is 2.13. The number of hydrogen-bond donors (Lipinski definition) is 2. The molecule has 5 nitrogen and oxygen atoms in total. The highest BCUT2D eigenvalue weighted by Gasteiger charge is 2.19. The molecular weight excluding hydrogens is 383 g/mol. The summed E-state index contributed by atoms with van der Waals surface area (Å²) in [4.78, 5) is 2.61. The normalized spacial score (nSPS) is 21.3. The average molecular weight is 419 g/mol. The van der Waals surface area contributed by atoms with E-state index in [0.717, 1.165) is 52.4 Å². The maximum Gasteiger partial charge on any atom is 0.0608 e. The van der Waals surface area contributed by atoms with Crippen LogP contribution in [0.4, 0.5) is 0 Å². The van der Waals surface area contributed by atoms with Gasteiger partial charge in [0.05, 0.1) is 13.2 Å². The summed E-state index contributed by atoms with van der Waals surface area (Å²) in [6, 6.07) is 7.46. The molecule has 7 heteroatoms. The van der Waals surface area contributed by atoms with Crippen LogP contribution < -0.4 is 10.7 Å². The topological polar surface area (TPSA) is 39.8 Å². The average Bonchev–Trinajstić information content (AvgIpc) is 2.63. The highest BCUT2D eigenvalue weighted by atomic mass is 35.5. The van der Waals surface area contributed by atoms with E-state index in [1.165, 1.54) is 36.2 Å². The Bertz CT molecular complexity index is 541. The summed E-state index contributed by atoms with van der Waals surface area (Å²) in [6.45, 7) is 13.8. The third kappa shape index (κ3) is 8.24. The van der Waals surface area contributed by atoms with Gasteiger partial charge in [0, 0.05) is 45.3 Å². The van der Waals surface area contributed by atoms with Crippen molar-refractivity contribution in [3.63, 3.8) is 0 Å². The standard InChI is InChI=1S/C20H34N4O.2ClH/c1-17-4-5-19(14-18(17)2)15-20-16-23(9-7-21-20)8-3-6-22-24-10-12-25-13-11-24;;/h4-5,14,20-22H,3,6-13,15-16H2,1-2H3;2*1H. The fourth-order valence-corrected chi connectivity index (χ4v) is 3.71. The molecule has 0 amide bonds. The zero-order valence-electron chi connectivity index (χ0n) is 16.7. The Morgan fingerprint density at radius 1 is 1.11 bits per heavy atom. The van der Waals surface area contributed by atoms with E-state index in [9.17, 15) is 0 Å². The van der Waals surface area contributed by atoms with Gasteiger partial charge >= 0.3 is 0 Å². The van der Waals surface area contributed by atoms with Gasteiger partial charge in [-0.15, -0.1) is 24.8 Å². The van der Waals surface area contributed by atoms with Crippen LogP contribution >= 0.6 is 24.8 Å². The lowest BCUT2D eigenvalue weighted by Crippen LogP contribution is -2.52. The Labute approximate surface area is 177 Å². The number of aryl methyl sites for hydroxylation is 2. The van der Waals surface area contributed by atoms with Crippen molar-refractivity contribution in [2.24, 2.45) is 0 Å². The van der Waals surface area contributed by atoms with Crippen LogP contribution in [0.25, 0.3) is 0 Å². The van der Waals surface area contributed by atoms with Crippen LogP contribution in [0, 0.1) is 13.8 Å². The smallest absolute Gasteiger partial charge is 0.0608 e. The quantitative estimate of drug-likeness (QED) is 0.664. The number of hydrogen-bond acceptors (Lipinski definition) is 5. The number of nitrogens with one attached hydrogen (secondary N) is 2. The van der Waals surface area contributed by atoms with Crippen molar-refractivity contribution >= 4 is 24.8 Å². The van der Waals surface area contributed by atoms with Crippen molar-refractivity contribution in [1.82, 2.24) is 20.7 Å². The van der Waals surface area contributed by atoms with E-state index in [4.69, 9.17) is 4.74 Å². The van der Waals surface area contributed by atoms with Gasteiger partial charge in [-0.25, -0.2) is 5.01 Å². The summed E-state index contributed by atoms with van der Waals surface area (Å²) >= 11 is 0. The molecule has 0 radical (unpaired) electrons. The van der Waals surface area contributed by atoms with Crippen molar-refractivity contribution in [2.45, 2.75) is 32.7 Å². The van der Waals surface area contributed by atoms with Gasteiger partial charge in [0.2, 0.25) is 0 Å². The lowest BCUT2D eigenvalue weighted by molar-refractivity contribution is 0.0114. The molecule has 0 bridgehead atoms. The summed E-state index contributed by atoms with van der Waals surface area (Å²) in [6.07, 6.45) is 2.33. The molecule has 0 aliphatic carbocycles. The van der Waals surface area contributed by atoms with Gasteiger partial charge in [0.15, 0.2) is 0 Å². The third-order valence-electron chi connectivity index (χ3n) is 5.39. The summed E-state index contributed by atoms with van der Waals surface area (Å²) in [5, 5.41) is 5.99. The van der Waals surface area contributed by atoms with Crippen molar-refractivity contribution in [3.8, 4) is 0 Å². The van der Waals surface area contributed by atoms with E-state index in [1.54, 1.807) is 0 Å². The first-order chi connectivity index (χ1) is 12.2. The van der Waals surface area contributed by atoms with Gasteiger partial charge in [-0.2, -0.15) is 0 Å². The van der Waals surface area contributed by atoms with E-state index in [0.29, 0.717) is 6.04 Å². The molecule has 3 rings (SSSR count). The van der Waals surface area contributed by atoms with Crippen molar-refractivity contribution in [3.05, 3.63) is 34.9 Å². The Balaban J connectivity index is 0.00000182. The molecule has 1 unspecified atom stereocenters. The van der Waals surface area contributed by atoms with E-state index >= 15 is 0 Å². The fourth-order valence-electron chi connectivity index (χ4n) is 3.71. The molecular formula is C20H36Cl2N4O. The Morgan fingerprint density at radius 2 is 1.89 bits per heavy atom. The molecule has 2 saturated heterocycles. The number of halogens is 2. The van der Waals surface area contributed by atoms with Crippen LogP contribution in [0.1, 0.15) is 23.1 Å². The minimum absolute atomic E-state index is 0. The van der Waals surface area contributed by atoms with Gasteiger partial charge in [-0.05, 0) is 49.9 Å². The number of morpholine rings is 1. The molecule has 2 aliphatic heterocycles. The zero-order valence-corrected chi connectivity index (χ0v) is 18.3. The molecule has 2 aliphatic rings. The fraction of sp³-hybridized carbons (Fsp3) is 0.700. The van der Waals surface area contributed by atoms with Crippen LogP contribution in [0.3, 0.4) is 0 Å². The Hall–Kier alpha value is -0.400. The number of piperazine rings is 1. The van der Waals surface area contributed by atoms with Gasteiger partial charge in [-0.3, -0.25) is 5.43 Å². The second kappa shape index (κ2) is 12.9. The second-order valence-electron chi connectivity index (χ2n) is 7.44. The molecule has 2 fully saturated rings. The minimum Gasteiger partial charge on any atom is -0.379 e. The maximum atomic E-state index is 5.38. The third-order valence-corrected chi connectivity index (χ3v) is 5.39. The van der Waals surface area contributed by atoms with Crippen LogP contribution in [-0.4, -0.2) is 75.0 Å². The monoisotopic (exact) mass is 418 g/mol. The van der Waals surface area contributed by atoms with Crippen molar-refractivity contribution in [1.29, 1.82) is 0 Å². The maximum absolute atomic E-state index is 5.38. The summed E-state index contributed by atoms with van der Waals surface area (Å²) < 4.78 is 5.38. The number of hydrazine groups is 1. The summed E-state index contributed by atoms with van der Waals surface area (Å²) in [5.74, 6) is 0. The SMILES string of the molecule is Cc1ccc(CC2CN(CCCNN3CCOCC3)CCN2)cc1C.Cl.Cl. The van der Waals surface area contributed by atoms with Gasteiger partial charge in [0.1, 0.15) is 0 Å². The largest absolute Gasteiger partial charge is 0.379 e. The molecule has 2 heterocycles. The van der Waals surface area contributed by atoms with E-state index in [-0.39, 0.29) is 24.8 Å². The van der Waals surface area contributed by atoms with Crippen molar-refractivity contribution in [2.75, 3.05) is 59.0 Å². The molecule has 156 valence electrons. The Morgan fingerprint density at radius 3 is 2.63 bits per heavy atom. The van der Waals surface area contributed by atoms with E-state index in [2.05, 4.69) is 52.7 Å². The molecule has 0 saturated carbocycles. The minimum atomic E-state index is 0. The predicted octanol–water partition coefficient (Wildman–Crippen LogP) is 2.19. The van der Waals surface area contributed by atoms with Crippen LogP contribution in [0.15, 0.2) is 18.2 Å². The first-order valence-corrected chi connectivity index (χ1v) is 9.79. The molecule has 1 atom stereocenters. The highest BCUT2D eigenvalue weighted by molar-refractivity contribution is 5.85. The lowest BCUT2D eigenvalue weighted by Gasteiger charge is -2.34. The van der Waals surface area contributed by atoms with Gasteiger partial charge in [-0.1, -0.05) is 18.2 Å². The van der Waals surface area contributed by atoms with Gasteiger partial charge in [0.25, 0.3) is 0 Å². The van der Waals surface area contributed by atoms with Crippen molar-refractivity contribution < 1.29 is 4.74 Å². The second-order valence-corrected chi connectivity index (χ2v) is 7.44. The molecule has 27 heavy (non-hydrogen) atoms.